The summed E-state index contributed by atoms with van der Waals surface area (Å²) in [6.07, 6.45) is 52.9. The molecule has 6 unspecified atom stereocenters. The SMILES string of the molecule is CC/C=C\C/C=C\C/C=C\C/C=C\CCCCCCCCCCCCCCCOCC(COC1OC(CO)C(O)C(O)C1O)OC(=O)CCCCCCCCCCCCCCCCCC. The number of aliphatic hydroxyl groups excluding tert-OH is 4. The van der Waals surface area contributed by atoms with Crippen molar-refractivity contribution < 1.29 is 44.2 Å². The van der Waals surface area contributed by atoms with E-state index in [4.69, 9.17) is 18.9 Å². The van der Waals surface area contributed by atoms with E-state index in [1.807, 2.05) is 0 Å². The molecule has 0 bridgehead atoms. The second-order valence-electron chi connectivity index (χ2n) is 18.7. The molecular weight excluding hydrogens is 817 g/mol. The minimum absolute atomic E-state index is 0.111. The summed E-state index contributed by atoms with van der Waals surface area (Å²) >= 11 is 0. The molecule has 1 saturated heterocycles. The number of hydrogen-bond acceptors (Lipinski definition) is 9. The van der Waals surface area contributed by atoms with Gasteiger partial charge in [-0.2, -0.15) is 0 Å². The van der Waals surface area contributed by atoms with Crippen LogP contribution in [-0.4, -0.2) is 89.6 Å². The molecule has 9 heteroatoms. The van der Waals surface area contributed by atoms with Crippen LogP contribution in [-0.2, 0) is 23.7 Å². The average molecular weight is 919 g/mol. The van der Waals surface area contributed by atoms with Gasteiger partial charge in [0.1, 0.15) is 30.5 Å². The Morgan fingerprint density at radius 2 is 0.938 bits per heavy atom. The summed E-state index contributed by atoms with van der Waals surface area (Å²) in [6, 6.07) is 0. The van der Waals surface area contributed by atoms with Crippen LogP contribution in [0, 0.1) is 0 Å². The number of carbonyl (C=O) groups excluding carboxylic acids is 1. The van der Waals surface area contributed by atoms with Crippen molar-refractivity contribution in [2.45, 2.75) is 275 Å². The van der Waals surface area contributed by atoms with Crippen molar-refractivity contribution in [3.05, 3.63) is 48.6 Å². The number of rotatable bonds is 47. The second-order valence-corrected chi connectivity index (χ2v) is 18.7. The van der Waals surface area contributed by atoms with Crippen molar-refractivity contribution in [3.8, 4) is 0 Å². The number of unbranched alkanes of at least 4 members (excludes halogenated alkanes) is 28. The van der Waals surface area contributed by atoms with Gasteiger partial charge in [-0.05, 0) is 51.4 Å². The van der Waals surface area contributed by atoms with Crippen molar-refractivity contribution in [1.29, 1.82) is 0 Å². The van der Waals surface area contributed by atoms with Crippen LogP contribution in [0.15, 0.2) is 48.6 Å². The van der Waals surface area contributed by atoms with Gasteiger partial charge >= 0.3 is 5.97 Å². The molecule has 1 heterocycles. The van der Waals surface area contributed by atoms with E-state index in [0.717, 1.165) is 57.8 Å². The standard InChI is InChI=1S/C56H102O9/c1-3-5-7-9-11-13-15-17-19-21-22-23-24-25-26-27-28-29-30-32-34-36-38-40-42-44-46-62-48-50(49-63-56-55(61)54(60)53(59)51(47-57)65-56)64-52(58)45-43-41-39-37-35-33-31-20-18-16-14-12-10-8-6-4-2/h5,7,11,13,17,19,22-23,50-51,53-57,59-61H,3-4,6,8-10,12,14-16,18,20-21,24-49H2,1-2H3/b7-5-,13-11-,19-17-,23-22-. The van der Waals surface area contributed by atoms with E-state index in [9.17, 15) is 25.2 Å². The van der Waals surface area contributed by atoms with E-state index >= 15 is 0 Å². The smallest absolute Gasteiger partial charge is 0.306 e. The maximum Gasteiger partial charge on any atom is 0.306 e. The molecule has 4 N–H and O–H groups in total. The molecule has 0 aromatic rings. The van der Waals surface area contributed by atoms with Gasteiger partial charge in [-0.1, -0.05) is 229 Å². The molecule has 0 aromatic carbocycles. The number of hydrogen-bond donors (Lipinski definition) is 4. The maximum absolute atomic E-state index is 12.8. The molecule has 0 spiro atoms. The van der Waals surface area contributed by atoms with Crippen LogP contribution in [0.4, 0.5) is 0 Å². The predicted molar refractivity (Wildman–Crippen MR) is 270 cm³/mol. The van der Waals surface area contributed by atoms with Crippen molar-refractivity contribution in [2.24, 2.45) is 0 Å². The van der Waals surface area contributed by atoms with E-state index < -0.39 is 43.4 Å². The maximum atomic E-state index is 12.8. The van der Waals surface area contributed by atoms with Gasteiger partial charge in [0, 0.05) is 13.0 Å². The third-order valence-corrected chi connectivity index (χ3v) is 12.5. The van der Waals surface area contributed by atoms with Gasteiger partial charge in [0.2, 0.25) is 0 Å². The van der Waals surface area contributed by atoms with Crippen molar-refractivity contribution in [2.75, 3.05) is 26.4 Å². The summed E-state index contributed by atoms with van der Waals surface area (Å²) < 4.78 is 22.9. The Labute approximate surface area is 399 Å². The molecule has 0 radical (unpaired) electrons. The van der Waals surface area contributed by atoms with Crippen molar-refractivity contribution in [1.82, 2.24) is 0 Å². The zero-order valence-corrected chi connectivity index (χ0v) is 42.0. The zero-order valence-electron chi connectivity index (χ0n) is 42.0. The Bertz CT molecular complexity index is 1140. The second kappa shape index (κ2) is 47.2. The molecule has 1 aliphatic rings. The van der Waals surface area contributed by atoms with Gasteiger partial charge < -0.3 is 39.4 Å². The van der Waals surface area contributed by atoms with Crippen LogP contribution in [0.5, 0.6) is 0 Å². The van der Waals surface area contributed by atoms with E-state index in [2.05, 4.69) is 62.5 Å². The molecule has 6 atom stereocenters. The zero-order chi connectivity index (χ0) is 47.1. The van der Waals surface area contributed by atoms with Gasteiger partial charge in [-0.15, -0.1) is 0 Å². The lowest BCUT2D eigenvalue weighted by Gasteiger charge is -2.39. The number of esters is 1. The Morgan fingerprint density at radius 1 is 0.508 bits per heavy atom. The Balaban J connectivity index is 2.15. The van der Waals surface area contributed by atoms with Crippen LogP contribution < -0.4 is 0 Å². The first-order valence-corrected chi connectivity index (χ1v) is 27.2. The number of allylic oxidation sites excluding steroid dienone is 8. The largest absolute Gasteiger partial charge is 0.457 e. The molecule has 1 rings (SSSR count). The van der Waals surface area contributed by atoms with E-state index in [-0.39, 0.29) is 19.2 Å². The van der Waals surface area contributed by atoms with Crippen LogP contribution in [0.25, 0.3) is 0 Å². The van der Waals surface area contributed by atoms with Gasteiger partial charge in [0.25, 0.3) is 0 Å². The quantitative estimate of drug-likeness (QED) is 0.0267. The highest BCUT2D eigenvalue weighted by molar-refractivity contribution is 5.69. The molecular formula is C56H102O9. The molecule has 380 valence electrons. The lowest BCUT2D eigenvalue weighted by atomic mass is 9.99. The summed E-state index contributed by atoms with van der Waals surface area (Å²) in [5.41, 5.74) is 0. The Morgan fingerprint density at radius 3 is 1.42 bits per heavy atom. The molecule has 0 saturated carbocycles. The highest BCUT2D eigenvalue weighted by Crippen LogP contribution is 2.23. The predicted octanol–water partition coefficient (Wildman–Crippen LogP) is 13.6. The number of ether oxygens (including phenoxy) is 4. The molecule has 65 heavy (non-hydrogen) atoms. The van der Waals surface area contributed by atoms with Crippen LogP contribution >= 0.6 is 0 Å². The van der Waals surface area contributed by atoms with Gasteiger partial charge in [-0.25, -0.2) is 0 Å². The normalized spacial score (nSPS) is 19.8. The fourth-order valence-electron chi connectivity index (χ4n) is 8.31. The summed E-state index contributed by atoms with van der Waals surface area (Å²) in [4.78, 5) is 12.8. The summed E-state index contributed by atoms with van der Waals surface area (Å²) in [7, 11) is 0. The molecule has 0 aliphatic carbocycles. The van der Waals surface area contributed by atoms with Crippen molar-refractivity contribution in [3.63, 3.8) is 0 Å². The highest BCUT2D eigenvalue weighted by atomic mass is 16.7. The Hall–Kier alpha value is -1.85. The van der Waals surface area contributed by atoms with Gasteiger partial charge in [0.05, 0.1) is 19.8 Å². The first-order valence-electron chi connectivity index (χ1n) is 27.2. The van der Waals surface area contributed by atoms with Crippen LogP contribution in [0.1, 0.15) is 239 Å². The van der Waals surface area contributed by atoms with Gasteiger partial charge in [0.15, 0.2) is 6.29 Å². The van der Waals surface area contributed by atoms with E-state index in [1.54, 1.807) is 0 Å². The van der Waals surface area contributed by atoms with E-state index in [1.165, 1.54) is 161 Å². The summed E-state index contributed by atoms with van der Waals surface area (Å²) in [5, 5.41) is 40.3. The monoisotopic (exact) mass is 919 g/mol. The topological polar surface area (TPSA) is 135 Å². The minimum atomic E-state index is -1.54. The first-order chi connectivity index (χ1) is 31.9. The van der Waals surface area contributed by atoms with Crippen LogP contribution in [0.2, 0.25) is 0 Å². The highest BCUT2D eigenvalue weighted by Gasteiger charge is 2.44. The molecule has 1 fully saturated rings. The summed E-state index contributed by atoms with van der Waals surface area (Å²) in [5.74, 6) is -0.310. The average Bonchev–Trinajstić information content (AvgIpc) is 3.31. The Kier molecular flexibility index (Phi) is 44.4. The minimum Gasteiger partial charge on any atom is -0.457 e. The lowest BCUT2D eigenvalue weighted by molar-refractivity contribution is -0.305. The third kappa shape index (κ3) is 37.8. The van der Waals surface area contributed by atoms with Crippen molar-refractivity contribution >= 4 is 5.97 Å². The molecule has 0 aromatic heterocycles. The third-order valence-electron chi connectivity index (χ3n) is 12.5. The number of carbonyl (C=O) groups is 1. The molecule has 0 amide bonds. The van der Waals surface area contributed by atoms with E-state index in [0.29, 0.717) is 13.0 Å². The lowest BCUT2D eigenvalue weighted by Crippen LogP contribution is -2.59. The first kappa shape index (κ1) is 61.2. The fourth-order valence-corrected chi connectivity index (χ4v) is 8.31. The van der Waals surface area contributed by atoms with Gasteiger partial charge in [-0.3, -0.25) is 4.79 Å². The molecule has 9 nitrogen and oxygen atoms in total. The van der Waals surface area contributed by atoms with Crippen LogP contribution in [0.3, 0.4) is 0 Å². The summed E-state index contributed by atoms with van der Waals surface area (Å²) in [6.45, 7) is 4.48. The number of aliphatic hydroxyl groups is 4. The fraction of sp³-hybridized carbons (Fsp3) is 0.839. The molecule has 1 aliphatic heterocycles.